The number of anilines is 1. The van der Waals surface area contributed by atoms with E-state index in [0.29, 0.717) is 12.4 Å². The average Bonchev–Trinajstić information content (AvgIpc) is 2.49. The lowest BCUT2D eigenvalue weighted by Gasteiger charge is -2.35. The number of rotatable bonds is 5. The summed E-state index contributed by atoms with van der Waals surface area (Å²) in [6.07, 6.45) is 1.56. The highest BCUT2D eigenvalue weighted by molar-refractivity contribution is 5.96. The van der Waals surface area contributed by atoms with Crippen LogP contribution in [-0.2, 0) is 9.53 Å². The van der Waals surface area contributed by atoms with Crippen molar-refractivity contribution >= 4 is 11.6 Å². The van der Waals surface area contributed by atoms with E-state index in [4.69, 9.17) is 9.47 Å². The fourth-order valence-electron chi connectivity index (χ4n) is 2.79. The molecule has 0 atom stereocenters. The lowest BCUT2D eigenvalue weighted by molar-refractivity contribution is -0.130. The van der Waals surface area contributed by atoms with Crippen LogP contribution in [-0.4, -0.2) is 39.8 Å². The predicted molar refractivity (Wildman–Crippen MR) is 82.8 cm³/mol. The zero-order valence-corrected chi connectivity index (χ0v) is 13.0. The number of hydrogen-bond donors (Lipinski definition) is 2. The minimum Gasteiger partial charge on any atom is -0.495 e. The zero-order chi connectivity index (χ0) is 15.3. The first-order valence-electron chi connectivity index (χ1n) is 7.27. The summed E-state index contributed by atoms with van der Waals surface area (Å²) in [7, 11) is 3.25. The minimum atomic E-state index is -0.464. The van der Waals surface area contributed by atoms with Gasteiger partial charge >= 0.3 is 0 Å². The number of methoxy groups -OCH3 is 2. The Labute approximate surface area is 126 Å². The van der Waals surface area contributed by atoms with Crippen LogP contribution in [0.15, 0.2) is 18.2 Å². The monoisotopic (exact) mass is 292 g/mol. The molecule has 5 nitrogen and oxygen atoms in total. The first kappa shape index (κ1) is 15.8. The van der Waals surface area contributed by atoms with Gasteiger partial charge in [-0.2, -0.15) is 0 Å². The van der Waals surface area contributed by atoms with Crippen molar-refractivity contribution in [3.8, 4) is 5.75 Å². The van der Waals surface area contributed by atoms with Gasteiger partial charge in [0, 0.05) is 7.11 Å². The number of carbonyl (C=O) groups is 1. The highest BCUT2D eigenvalue weighted by atomic mass is 16.5. The van der Waals surface area contributed by atoms with Gasteiger partial charge in [-0.05, 0) is 50.6 Å². The molecule has 1 aromatic rings. The second-order valence-electron chi connectivity index (χ2n) is 5.62. The molecule has 1 fully saturated rings. The van der Waals surface area contributed by atoms with Crippen LogP contribution in [0.5, 0.6) is 5.75 Å². The van der Waals surface area contributed by atoms with Gasteiger partial charge in [-0.15, -0.1) is 0 Å². The first-order chi connectivity index (χ1) is 10.1. The van der Waals surface area contributed by atoms with Crippen LogP contribution in [0.3, 0.4) is 0 Å². The van der Waals surface area contributed by atoms with Crippen LogP contribution >= 0.6 is 0 Å². The molecule has 0 spiro atoms. The zero-order valence-electron chi connectivity index (χ0n) is 13.0. The number of ether oxygens (including phenoxy) is 2. The Hall–Kier alpha value is -1.59. The molecular formula is C16H24N2O3. The largest absolute Gasteiger partial charge is 0.495 e. The maximum Gasteiger partial charge on any atom is 0.233 e. The summed E-state index contributed by atoms with van der Waals surface area (Å²) in [5, 5.41) is 6.31. The molecule has 0 bridgehead atoms. The van der Waals surface area contributed by atoms with Crippen molar-refractivity contribution in [3.05, 3.63) is 23.8 Å². The molecule has 116 valence electrons. The molecule has 2 rings (SSSR count). The van der Waals surface area contributed by atoms with E-state index < -0.39 is 5.41 Å². The summed E-state index contributed by atoms with van der Waals surface area (Å²) in [4.78, 5) is 12.8. The third kappa shape index (κ3) is 3.54. The maximum absolute atomic E-state index is 12.8. The summed E-state index contributed by atoms with van der Waals surface area (Å²) in [5.41, 5.74) is 1.34. The minimum absolute atomic E-state index is 0.00903. The molecular weight excluding hydrogens is 268 g/mol. The molecule has 1 aliphatic rings. The lowest BCUT2D eigenvalue weighted by atomic mass is 9.78. The van der Waals surface area contributed by atoms with Gasteiger partial charge < -0.3 is 20.1 Å². The van der Waals surface area contributed by atoms with Gasteiger partial charge in [0.2, 0.25) is 5.91 Å². The van der Waals surface area contributed by atoms with E-state index in [-0.39, 0.29) is 5.91 Å². The first-order valence-corrected chi connectivity index (χ1v) is 7.27. The molecule has 0 aliphatic carbocycles. The van der Waals surface area contributed by atoms with Crippen molar-refractivity contribution in [2.45, 2.75) is 19.8 Å². The molecule has 0 unspecified atom stereocenters. The molecule has 2 N–H and O–H groups in total. The SMILES string of the molecule is COCC1(C(=O)Nc2cc(C)ccc2OC)CCNCC1. The van der Waals surface area contributed by atoms with Crippen LogP contribution in [0.25, 0.3) is 0 Å². The average molecular weight is 292 g/mol. The number of carbonyl (C=O) groups excluding carboxylic acids is 1. The molecule has 0 aromatic heterocycles. The number of nitrogens with one attached hydrogen (secondary N) is 2. The smallest absolute Gasteiger partial charge is 0.233 e. The van der Waals surface area contributed by atoms with E-state index in [0.717, 1.165) is 37.2 Å². The number of piperidine rings is 1. The molecule has 1 heterocycles. The molecule has 0 saturated carbocycles. The van der Waals surface area contributed by atoms with Crippen LogP contribution < -0.4 is 15.4 Å². The van der Waals surface area contributed by atoms with Crippen molar-refractivity contribution in [1.29, 1.82) is 0 Å². The van der Waals surface area contributed by atoms with Crippen LogP contribution in [0, 0.1) is 12.3 Å². The van der Waals surface area contributed by atoms with Crippen LogP contribution in [0.2, 0.25) is 0 Å². The highest BCUT2D eigenvalue weighted by Gasteiger charge is 2.39. The summed E-state index contributed by atoms with van der Waals surface area (Å²) >= 11 is 0. The van der Waals surface area contributed by atoms with E-state index in [1.165, 1.54) is 0 Å². The van der Waals surface area contributed by atoms with Gasteiger partial charge in [0.1, 0.15) is 5.75 Å². The quantitative estimate of drug-likeness (QED) is 0.871. The summed E-state index contributed by atoms with van der Waals surface area (Å²) in [5.74, 6) is 0.685. The number of hydrogen-bond acceptors (Lipinski definition) is 4. The van der Waals surface area contributed by atoms with Gasteiger partial charge in [-0.25, -0.2) is 0 Å². The molecule has 1 aliphatic heterocycles. The van der Waals surface area contributed by atoms with Gasteiger partial charge in [0.05, 0.1) is 24.8 Å². The standard InChI is InChI=1S/C16H24N2O3/c1-12-4-5-14(21-3)13(10-12)18-15(19)16(11-20-2)6-8-17-9-7-16/h4-5,10,17H,6-9,11H2,1-3H3,(H,18,19). The summed E-state index contributed by atoms with van der Waals surface area (Å²) in [6, 6.07) is 5.76. The Morgan fingerprint density at radius 2 is 2.05 bits per heavy atom. The highest BCUT2D eigenvalue weighted by Crippen LogP contribution is 2.33. The van der Waals surface area contributed by atoms with Gasteiger partial charge in [0.25, 0.3) is 0 Å². The predicted octanol–water partition coefficient (Wildman–Crippen LogP) is 1.96. The van der Waals surface area contributed by atoms with Gasteiger partial charge in [0.15, 0.2) is 0 Å². The third-order valence-electron chi connectivity index (χ3n) is 4.07. The summed E-state index contributed by atoms with van der Waals surface area (Å²) < 4.78 is 10.6. The second kappa shape index (κ2) is 6.91. The van der Waals surface area contributed by atoms with Crippen LogP contribution in [0.4, 0.5) is 5.69 Å². The Balaban J connectivity index is 2.20. The molecule has 5 heteroatoms. The van der Waals surface area contributed by atoms with Crippen molar-refractivity contribution in [1.82, 2.24) is 5.32 Å². The number of benzene rings is 1. The van der Waals surface area contributed by atoms with E-state index in [2.05, 4.69) is 10.6 Å². The van der Waals surface area contributed by atoms with Gasteiger partial charge in [-0.1, -0.05) is 6.07 Å². The van der Waals surface area contributed by atoms with Crippen molar-refractivity contribution < 1.29 is 14.3 Å². The van der Waals surface area contributed by atoms with Crippen molar-refractivity contribution in [2.24, 2.45) is 5.41 Å². The van der Waals surface area contributed by atoms with Crippen molar-refractivity contribution in [2.75, 3.05) is 39.2 Å². The molecule has 1 amide bonds. The third-order valence-corrected chi connectivity index (χ3v) is 4.07. The normalized spacial score (nSPS) is 17.3. The molecule has 1 saturated heterocycles. The fourth-order valence-corrected chi connectivity index (χ4v) is 2.79. The van der Waals surface area contributed by atoms with E-state index in [9.17, 15) is 4.79 Å². The lowest BCUT2D eigenvalue weighted by Crippen LogP contribution is -2.47. The fraction of sp³-hybridized carbons (Fsp3) is 0.562. The van der Waals surface area contributed by atoms with Crippen LogP contribution in [0.1, 0.15) is 18.4 Å². The Bertz CT molecular complexity index is 491. The van der Waals surface area contributed by atoms with E-state index >= 15 is 0 Å². The number of amides is 1. The Morgan fingerprint density at radius 1 is 1.33 bits per heavy atom. The molecule has 21 heavy (non-hydrogen) atoms. The topological polar surface area (TPSA) is 59.6 Å². The Morgan fingerprint density at radius 3 is 2.67 bits per heavy atom. The van der Waals surface area contributed by atoms with Gasteiger partial charge in [-0.3, -0.25) is 4.79 Å². The Kier molecular flexibility index (Phi) is 5.20. The van der Waals surface area contributed by atoms with E-state index in [1.807, 2.05) is 25.1 Å². The molecule has 0 radical (unpaired) electrons. The maximum atomic E-state index is 12.8. The van der Waals surface area contributed by atoms with Crippen molar-refractivity contribution in [3.63, 3.8) is 0 Å². The summed E-state index contributed by atoms with van der Waals surface area (Å²) in [6.45, 7) is 4.10. The molecule has 1 aromatic carbocycles. The van der Waals surface area contributed by atoms with E-state index in [1.54, 1.807) is 14.2 Å². The second-order valence-corrected chi connectivity index (χ2v) is 5.62. The number of aryl methyl sites for hydroxylation is 1.